The van der Waals surface area contributed by atoms with Gasteiger partial charge in [-0.05, 0) is 42.8 Å². The van der Waals surface area contributed by atoms with E-state index in [1.807, 2.05) is 19.1 Å². The van der Waals surface area contributed by atoms with Gasteiger partial charge in [-0.1, -0.05) is 35.3 Å². The van der Waals surface area contributed by atoms with E-state index in [0.29, 0.717) is 21.3 Å². The average Bonchev–Trinajstić information content (AvgIpc) is 2.38. The van der Waals surface area contributed by atoms with E-state index in [2.05, 4.69) is 5.32 Å². The number of anilines is 1. The molecule has 20 heavy (non-hydrogen) atoms. The van der Waals surface area contributed by atoms with Crippen LogP contribution in [-0.4, -0.2) is 5.91 Å². The maximum Gasteiger partial charge on any atom is 0.251 e. The molecule has 0 fully saturated rings. The molecule has 0 saturated heterocycles. The van der Waals surface area contributed by atoms with Crippen molar-refractivity contribution in [1.82, 2.24) is 5.32 Å². The minimum Gasteiger partial charge on any atom is -0.399 e. The Hall–Kier alpha value is -1.71. The van der Waals surface area contributed by atoms with Crippen LogP contribution < -0.4 is 11.1 Å². The van der Waals surface area contributed by atoms with Crippen LogP contribution in [0.1, 0.15) is 28.9 Å². The number of halogens is 2. The second-order valence-corrected chi connectivity index (χ2v) is 5.39. The topological polar surface area (TPSA) is 55.1 Å². The van der Waals surface area contributed by atoms with Gasteiger partial charge in [-0.15, -0.1) is 0 Å². The zero-order chi connectivity index (χ0) is 14.7. The van der Waals surface area contributed by atoms with Crippen LogP contribution in [0.3, 0.4) is 0 Å². The third kappa shape index (κ3) is 3.65. The first-order valence-electron chi connectivity index (χ1n) is 6.08. The van der Waals surface area contributed by atoms with Crippen LogP contribution >= 0.6 is 23.2 Å². The van der Waals surface area contributed by atoms with E-state index < -0.39 is 0 Å². The van der Waals surface area contributed by atoms with Crippen molar-refractivity contribution in [3.05, 3.63) is 63.6 Å². The number of benzene rings is 2. The van der Waals surface area contributed by atoms with Gasteiger partial charge in [-0.3, -0.25) is 4.79 Å². The van der Waals surface area contributed by atoms with E-state index in [1.165, 1.54) is 0 Å². The van der Waals surface area contributed by atoms with Gasteiger partial charge in [0.25, 0.3) is 5.91 Å². The highest BCUT2D eigenvalue weighted by Crippen LogP contribution is 2.20. The van der Waals surface area contributed by atoms with Crippen LogP contribution in [0.2, 0.25) is 10.0 Å². The molecule has 0 aliphatic rings. The Morgan fingerprint density at radius 1 is 1.10 bits per heavy atom. The predicted molar refractivity (Wildman–Crippen MR) is 83.2 cm³/mol. The predicted octanol–water partition coefficient (Wildman–Crippen LogP) is 4.07. The molecule has 2 aromatic rings. The van der Waals surface area contributed by atoms with Gasteiger partial charge in [0.15, 0.2) is 0 Å². The molecule has 2 rings (SSSR count). The number of hydrogen-bond donors (Lipinski definition) is 2. The number of carbonyl (C=O) groups is 1. The molecule has 0 spiro atoms. The molecule has 3 N–H and O–H groups in total. The number of rotatable bonds is 3. The van der Waals surface area contributed by atoms with Gasteiger partial charge >= 0.3 is 0 Å². The van der Waals surface area contributed by atoms with Crippen molar-refractivity contribution in [2.24, 2.45) is 0 Å². The summed E-state index contributed by atoms with van der Waals surface area (Å²) < 4.78 is 0. The smallest absolute Gasteiger partial charge is 0.251 e. The largest absolute Gasteiger partial charge is 0.399 e. The standard InChI is InChI=1S/C15H14Cl2N2O/c1-9(10-2-4-14(18)5-3-10)19-15(20)11-6-12(16)8-13(17)7-11/h2-9H,18H2,1H3,(H,19,20). The quantitative estimate of drug-likeness (QED) is 0.840. The zero-order valence-corrected chi connectivity index (χ0v) is 12.4. The fourth-order valence-corrected chi connectivity index (χ4v) is 2.36. The number of carbonyl (C=O) groups excluding carboxylic acids is 1. The van der Waals surface area contributed by atoms with E-state index in [0.717, 1.165) is 5.56 Å². The van der Waals surface area contributed by atoms with Gasteiger partial charge in [-0.2, -0.15) is 0 Å². The van der Waals surface area contributed by atoms with Crippen LogP contribution in [0, 0.1) is 0 Å². The van der Waals surface area contributed by atoms with Crippen LogP contribution in [-0.2, 0) is 0 Å². The van der Waals surface area contributed by atoms with Crippen LogP contribution in [0.25, 0.3) is 0 Å². The van der Waals surface area contributed by atoms with Gasteiger partial charge in [0.2, 0.25) is 0 Å². The summed E-state index contributed by atoms with van der Waals surface area (Å²) in [7, 11) is 0. The van der Waals surface area contributed by atoms with Crippen molar-refractivity contribution >= 4 is 34.8 Å². The lowest BCUT2D eigenvalue weighted by atomic mass is 10.1. The minimum absolute atomic E-state index is 0.138. The first-order chi connectivity index (χ1) is 9.45. The summed E-state index contributed by atoms with van der Waals surface area (Å²) in [6, 6.07) is 12.0. The lowest BCUT2D eigenvalue weighted by molar-refractivity contribution is 0.0940. The highest BCUT2D eigenvalue weighted by atomic mass is 35.5. The number of nitrogen functional groups attached to an aromatic ring is 1. The number of nitrogens with two attached hydrogens (primary N) is 1. The Morgan fingerprint density at radius 3 is 2.20 bits per heavy atom. The summed E-state index contributed by atoms with van der Waals surface area (Å²) in [6.07, 6.45) is 0. The SMILES string of the molecule is CC(NC(=O)c1cc(Cl)cc(Cl)c1)c1ccc(N)cc1. The molecule has 0 saturated carbocycles. The highest BCUT2D eigenvalue weighted by Gasteiger charge is 2.12. The fraction of sp³-hybridized carbons (Fsp3) is 0.133. The lowest BCUT2D eigenvalue weighted by Crippen LogP contribution is -2.26. The molecule has 5 heteroatoms. The van der Waals surface area contributed by atoms with Crippen LogP contribution in [0.5, 0.6) is 0 Å². The average molecular weight is 309 g/mol. The first-order valence-corrected chi connectivity index (χ1v) is 6.83. The molecule has 0 aromatic heterocycles. The molecule has 0 heterocycles. The maximum atomic E-state index is 12.1. The Morgan fingerprint density at radius 2 is 1.65 bits per heavy atom. The van der Waals surface area contributed by atoms with Crippen molar-refractivity contribution in [2.45, 2.75) is 13.0 Å². The Balaban J connectivity index is 2.12. The molecule has 104 valence electrons. The maximum absolute atomic E-state index is 12.1. The fourth-order valence-electron chi connectivity index (χ4n) is 1.83. The Labute approximate surface area is 127 Å². The summed E-state index contributed by atoms with van der Waals surface area (Å²) in [5, 5.41) is 3.76. The highest BCUT2D eigenvalue weighted by molar-refractivity contribution is 6.35. The van der Waals surface area contributed by atoms with Gasteiger partial charge < -0.3 is 11.1 Å². The number of hydrogen-bond acceptors (Lipinski definition) is 2. The normalized spacial score (nSPS) is 11.9. The Kier molecular flexibility index (Phi) is 4.53. The molecule has 1 unspecified atom stereocenters. The summed E-state index contributed by atoms with van der Waals surface area (Å²) in [5.41, 5.74) is 7.73. The second kappa shape index (κ2) is 6.16. The van der Waals surface area contributed by atoms with Crippen molar-refractivity contribution in [3.63, 3.8) is 0 Å². The monoisotopic (exact) mass is 308 g/mol. The number of amides is 1. The third-order valence-electron chi connectivity index (χ3n) is 2.91. The molecule has 0 bridgehead atoms. The molecule has 1 amide bonds. The van der Waals surface area contributed by atoms with Gasteiger partial charge in [0.05, 0.1) is 6.04 Å². The molecule has 3 nitrogen and oxygen atoms in total. The van der Waals surface area contributed by atoms with Crippen LogP contribution in [0.15, 0.2) is 42.5 Å². The molecule has 2 aromatic carbocycles. The molecular formula is C15H14Cl2N2O. The number of nitrogens with one attached hydrogen (secondary N) is 1. The second-order valence-electron chi connectivity index (χ2n) is 4.52. The lowest BCUT2D eigenvalue weighted by Gasteiger charge is -2.15. The van der Waals surface area contributed by atoms with E-state index in [1.54, 1.807) is 30.3 Å². The Bertz CT molecular complexity index is 606. The van der Waals surface area contributed by atoms with Crippen molar-refractivity contribution in [2.75, 3.05) is 5.73 Å². The van der Waals surface area contributed by atoms with E-state index in [-0.39, 0.29) is 11.9 Å². The van der Waals surface area contributed by atoms with Crippen LogP contribution in [0.4, 0.5) is 5.69 Å². The first kappa shape index (κ1) is 14.7. The van der Waals surface area contributed by atoms with E-state index in [9.17, 15) is 4.79 Å². The van der Waals surface area contributed by atoms with Crippen molar-refractivity contribution < 1.29 is 4.79 Å². The van der Waals surface area contributed by atoms with E-state index in [4.69, 9.17) is 28.9 Å². The minimum atomic E-state index is -0.223. The molecular weight excluding hydrogens is 295 g/mol. The van der Waals surface area contributed by atoms with Gasteiger partial charge in [0, 0.05) is 21.3 Å². The summed E-state index contributed by atoms with van der Waals surface area (Å²) in [6.45, 7) is 1.90. The summed E-state index contributed by atoms with van der Waals surface area (Å²) in [5.74, 6) is -0.223. The molecule has 0 radical (unpaired) electrons. The molecule has 1 atom stereocenters. The molecule has 0 aliphatic heterocycles. The van der Waals surface area contributed by atoms with Crippen molar-refractivity contribution in [1.29, 1.82) is 0 Å². The van der Waals surface area contributed by atoms with E-state index >= 15 is 0 Å². The molecule has 0 aliphatic carbocycles. The summed E-state index contributed by atoms with van der Waals surface area (Å²) in [4.78, 5) is 12.1. The summed E-state index contributed by atoms with van der Waals surface area (Å²) >= 11 is 11.8. The van der Waals surface area contributed by atoms with Crippen molar-refractivity contribution in [3.8, 4) is 0 Å². The zero-order valence-electron chi connectivity index (χ0n) is 10.9. The van der Waals surface area contributed by atoms with Gasteiger partial charge in [-0.25, -0.2) is 0 Å². The third-order valence-corrected chi connectivity index (χ3v) is 3.35. The van der Waals surface area contributed by atoms with Gasteiger partial charge in [0.1, 0.15) is 0 Å².